The van der Waals surface area contributed by atoms with Crippen molar-refractivity contribution >= 4 is 15.9 Å². The van der Waals surface area contributed by atoms with Gasteiger partial charge in [-0.15, -0.1) is 0 Å². The summed E-state index contributed by atoms with van der Waals surface area (Å²) in [4.78, 5) is 0.318. The molecule has 0 aliphatic carbocycles. The van der Waals surface area contributed by atoms with E-state index in [9.17, 15) is 0 Å². The number of methoxy groups -OCH3 is 1. The third-order valence-corrected chi connectivity index (χ3v) is 2.53. The number of alkyl halides is 1. The van der Waals surface area contributed by atoms with Crippen molar-refractivity contribution in [3.05, 3.63) is 12.2 Å². The highest BCUT2D eigenvalue weighted by molar-refractivity contribution is 9.09. The Labute approximate surface area is 69.3 Å². The lowest BCUT2D eigenvalue weighted by Crippen LogP contribution is -2.30. The van der Waals surface area contributed by atoms with Gasteiger partial charge in [0.15, 0.2) is 6.29 Å². The Hall–Kier alpha value is 0.140. The third-order valence-electron chi connectivity index (χ3n) is 1.48. The van der Waals surface area contributed by atoms with E-state index in [0.29, 0.717) is 4.83 Å². The van der Waals surface area contributed by atoms with Crippen LogP contribution < -0.4 is 0 Å². The van der Waals surface area contributed by atoms with Crippen molar-refractivity contribution < 1.29 is 9.47 Å². The normalized spacial score (nSPS) is 40.1. The van der Waals surface area contributed by atoms with Gasteiger partial charge >= 0.3 is 0 Å². The molecule has 1 aliphatic rings. The van der Waals surface area contributed by atoms with Crippen molar-refractivity contribution in [1.82, 2.24) is 0 Å². The largest absolute Gasteiger partial charge is 0.352 e. The van der Waals surface area contributed by atoms with Gasteiger partial charge in [0, 0.05) is 7.11 Å². The highest BCUT2D eigenvalue weighted by Crippen LogP contribution is 2.18. The zero-order valence-corrected chi connectivity index (χ0v) is 7.67. The van der Waals surface area contributed by atoms with E-state index in [1.54, 1.807) is 7.11 Å². The van der Waals surface area contributed by atoms with Crippen LogP contribution in [-0.4, -0.2) is 24.3 Å². The van der Waals surface area contributed by atoms with E-state index in [4.69, 9.17) is 9.47 Å². The molecule has 10 heavy (non-hydrogen) atoms. The molecule has 0 amide bonds. The quantitative estimate of drug-likeness (QED) is 0.481. The van der Waals surface area contributed by atoms with Gasteiger partial charge in [-0.1, -0.05) is 22.0 Å². The minimum Gasteiger partial charge on any atom is -0.352 e. The Morgan fingerprint density at radius 2 is 2.20 bits per heavy atom. The van der Waals surface area contributed by atoms with Gasteiger partial charge in [-0.2, -0.15) is 0 Å². The molecule has 1 heterocycles. The second kappa shape index (κ2) is 3.51. The van der Waals surface area contributed by atoms with Gasteiger partial charge in [-0.05, 0) is 13.0 Å². The Kier molecular flexibility index (Phi) is 2.89. The summed E-state index contributed by atoms with van der Waals surface area (Å²) in [5.74, 6) is 0. The highest BCUT2D eigenvalue weighted by Gasteiger charge is 2.20. The molecule has 0 fully saturated rings. The van der Waals surface area contributed by atoms with E-state index >= 15 is 0 Å². The van der Waals surface area contributed by atoms with Crippen LogP contribution in [0.15, 0.2) is 12.2 Å². The van der Waals surface area contributed by atoms with E-state index in [1.165, 1.54) is 0 Å². The van der Waals surface area contributed by atoms with Crippen molar-refractivity contribution in [1.29, 1.82) is 0 Å². The van der Waals surface area contributed by atoms with Crippen LogP contribution in [0.4, 0.5) is 0 Å². The van der Waals surface area contributed by atoms with Crippen LogP contribution in [-0.2, 0) is 9.47 Å². The van der Waals surface area contributed by atoms with Crippen LogP contribution in [0, 0.1) is 0 Å². The molecule has 0 N–H and O–H groups in total. The smallest absolute Gasteiger partial charge is 0.176 e. The van der Waals surface area contributed by atoms with Crippen molar-refractivity contribution in [3.8, 4) is 0 Å². The van der Waals surface area contributed by atoms with Gasteiger partial charge in [0.25, 0.3) is 0 Å². The fourth-order valence-corrected chi connectivity index (χ4v) is 1.12. The predicted octanol–water partition coefficient (Wildman–Crippen LogP) is 1.70. The second-order valence-electron chi connectivity index (χ2n) is 2.27. The molecule has 0 saturated heterocycles. The van der Waals surface area contributed by atoms with Crippen molar-refractivity contribution in [2.45, 2.75) is 24.1 Å². The summed E-state index contributed by atoms with van der Waals surface area (Å²) in [7, 11) is 1.64. The van der Waals surface area contributed by atoms with Gasteiger partial charge < -0.3 is 9.47 Å². The van der Waals surface area contributed by atoms with Gasteiger partial charge in [0.05, 0.1) is 10.9 Å². The summed E-state index contributed by atoms with van der Waals surface area (Å²) in [5, 5.41) is 0. The molecule has 58 valence electrons. The Morgan fingerprint density at radius 1 is 1.50 bits per heavy atom. The van der Waals surface area contributed by atoms with E-state index in [-0.39, 0.29) is 12.4 Å². The molecule has 0 aromatic carbocycles. The standard InChI is InChI=1S/C7H11BrO2/c1-5-6(8)3-4-7(9-2)10-5/h3-7H,1-2H3. The topological polar surface area (TPSA) is 18.5 Å². The Morgan fingerprint density at radius 3 is 2.70 bits per heavy atom. The van der Waals surface area contributed by atoms with E-state index < -0.39 is 0 Å². The molecule has 1 aliphatic heterocycles. The van der Waals surface area contributed by atoms with Crippen LogP contribution in [0.3, 0.4) is 0 Å². The van der Waals surface area contributed by atoms with E-state index in [2.05, 4.69) is 15.9 Å². The van der Waals surface area contributed by atoms with Gasteiger partial charge in [0.2, 0.25) is 0 Å². The summed E-state index contributed by atoms with van der Waals surface area (Å²) in [6, 6.07) is 0. The van der Waals surface area contributed by atoms with Crippen LogP contribution in [0.25, 0.3) is 0 Å². The minimum absolute atomic E-state index is 0.163. The SMILES string of the molecule is COC1C=CC(Br)C(C)O1. The first kappa shape index (κ1) is 8.24. The molecule has 3 unspecified atom stereocenters. The lowest BCUT2D eigenvalue weighted by atomic mass is 10.2. The third kappa shape index (κ3) is 1.81. The molecule has 0 spiro atoms. The zero-order valence-electron chi connectivity index (χ0n) is 6.08. The van der Waals surface area contributed by atoms with E-state index in [1.807, 2.05) is 19.1 Å². The van der Waals surface area contributed by atoms with Crippen LogP contribution in [0.5, 0.6) is 0 Å². The first-order chi connectivity index (χ1) is 4.74. The van der Waals surface area contributed by atoms with Crippen LogP contribution in [0.2, 0.25) is 0 Å². The van der Waals surface area contributed by atoms with Crippen molar-refractivity contribution in [2.75, 3.05) is 7.11 Å². The first-order valence-electron chi connectivity index (χ1n) is 3.24. The van der Waals surface area contributed by atoms with Gasteiger partial charge in [-0.25, -0.2) is 0 Å². The minimum atomic E-state index is -0.163. The zero-order chi connectivity index (χ0) is 7.56. The maximum atomic E-state index is 5.39. The molecule has 0 saturated carbocycles. The Balaban J connectivity index is 2.51. The molecule has 2 nitrogen and oxygen atoms in total. The Bertz CT molecular complexity index is 136. The lowest BCUT2D eigenvalue weighted by molar-refractivity contribution is -0.123. The molecule has 0 radical (unpaired) electrons. The summed E-state index contributed by atoms with van der Waals surface area (Å²) in [5.41, 5.74) is 0. The van der Waals surface area contributed by atoms with E-state index in [0.717, 1.165) is 0 Å². The molecule has 0 aromatic heterocycles. The number of halogens is 1. The van der Waals surface area contributed by atoms with Gasteiger partial charge in [0.1, 0.15) is 0 Å². The lowest BCUT2D eigenvalue weighted by Gasteiger charge is -2.25. The van der Waals surface area contributed by atoms with Crippen LogP contribution in [0.1, 0.15) is 6.92 Å². The summed E-state index contributed by atoms with van der Waals surface area (Å²) in [6.07, 6.45) is 3.97. The highest BCUT2D eigenvalue weighted by atomic mass is 79.9. The molecule has 0 aromatic rings. The molecule has 3 atom stereocenters. The summed E-state index contributed by atoms with van der Waals surface area (Å²) < 4.78 is 10.4. The van der Waals surface area contributed by atoms with Crippen LogP contribution >= 0.6 is 15.9 Å². The number of hydrogen-bond donors (Lipinski definition) is 0. The fourth-order valence-electron chi connectivity index (χ4n) is 0.819. The molecule has 1 rings (SSSR count). The maximum absolute atomic E-state index is 5.39. The average Bonchev–Trinajstić information content (AvgIpc) is 1.95. The number of rotatable bonds is 1. The molecular formula is C7H11BrO2. The first-order valence-corrected chi connectivity index (χ1v) is 4.16. The monoisotopic (exact) mass is 206 g/mol. The maximum Gasteiger partial charge on any atom is 0.176 e. The van der Waals surface area contributed by atoms with Crippen molar-refractivity contribution in [2.24, 2.45) is 0 Å². The van der Waals surface area contributed by atoms with Crippen molar-refractivity contribution in [3.63, 3.8) is 0 Å². The molecule has 0 bridgehead atoms. The summed E-state index contributed by atoms with van der Waals surface area (Å²) >= 11 is 3.44. The number of ether oxygens (including phenoxy) is 2. The average molecular weight is 207 g/mol. The second-order valence-corrected chi connectivity index (χ2v) is 3.33. The predicted molar refractivity (Wildman–Crippen MR) is 43.2 cm³/mol. The molecular weight excluding hydrogens is 196 g/mol. The summed E-state index contributed by atoms with van der Waals surface area (Å²) in [6.45, 7) is 2.01. The fraction of sp³-hybridized carbons (Fsp3) is 0.714. The van der Waals surface area contributed by atoms with Gasteiger partial charge in [-0.3, -0.25) is 0 Å². The number of hydrogen-bond acceptors (Lipinski definition) is 2. The molecule has 3 heteroatoms.